The van der Waals surface area contributed by atoms with Gasteiger partial charge in [0.25, 0.3) is 0 Å². The van der Waals surface area contributed by atoms with Gasteiger partial charge in [-0.1, -0.05) is 0 Å². The molecule has 2 rings (SSSR count). The van der Waals surface area contributed by atoms with Gasteiger partial charge in [0.05, 0.1) is 13.2 Å². The Morgan fingerprint density at radius 1 is 1.26 bits per heavy atom. The molecule has 0 radical (unpaired) electrons. The van der Waals surface area contributed by atoms with Crippen LogP contribution >= 0.6 is 0 Å². The Balaban J connectivity index is 1.82. The standard InChI is InChI=1S/C14H25NO4/c1-17-8-3-9-19-12-6-7-14(10-12,13(16)18-2)15-11-4-5-11/h11-12,15H,3-10H2,1-2H3. The summed E-state index contributed by atoms with van der Waals surface area (Å²) >= 11 is 0. The molecular formula is C14H25NO4. The molecule has 2 fully saturated rings. The molecule has 0 aromatic carbocycles. The highest BCUT2D eigenvalue weighted by molar-refractivity contribution is 5.81. The van der Waals surface area contributed by atoms with Crippen LogP contribution in [0.5, 0.6) is 0 Å². The molecule has 5 heteroatoms. The van der Waals surface area contributed by atoms with E-state index >= 15 is 0 Å². The zero-order chi connectivity index (χ0) is 13.7. The van der Waals surface area contributed by atoms with Crippen molar-refractivity contribution in [1.29, 1.82) is 0 Å². The average molecular weight is 271 g/mol. The molecule has 2 unspecified atom stereocenters. The molecule has 5 nitrogen and oxygen atoms in total. The maximum absolute atomic E-state index is 12.1. The molecule has 0 aromatic rings. The first-order valence-corrected chi connectivity index (χ1v) is 7.17. The number of carbonyl (C=O) groups excluding carboxylic acids is 1. The van der Waals surface area contributed by atoms with Crippen molar-refractivity contribution in [2.24, 2.45) is 0 Å². The van der Waals surface area contributed by atoms with Crippen LogP contribution in [-0.2, 0) is 19.0 Å². The molecule has 2 saturated carbocycles. The van der Waals surface area contributed by atoms with Gasteiger partial charge in [0.15, 0.2) is 0 Å². The first-order valence-electron chi connectivity index (χ1n) is 7.17. The van der Waals surface area contributed by atoms with Gasteiger partial charge in [-0.15, -0.1) is 0 Å². The minimum Gasteiger partial charge on any atom is -0.468 e. The number of ether oxygens (including phenoxy) is 3. The van der Waals surface area contributed by atoms with Crippen molar-refractivity contribution in [3.05, 3.63) is 0 Å². The van der Waals surface area contributed by atoms with Crippen LogP contribution in [0, 0.1) is 0 Å². The maximum Gasteiger partial charge on any atom is 0.326 e. The van der Waals surface area contributed by atoms with E-state index in [0.29, 0.717) is 12.6 Å². The van der Waals surface area contributed by atoms with Crippen LogP contribution in [0.2, 0.25) is 0 Å². The molecule has 2 aliphatic rings. The Labute approximate surface area is 115 Å². The van der Waals surface area contributed by atoms with E-state index in [1.807, 2.05) is 0 Å². The summed E-state index contributed by atoms with van der Waals surface area (Å²) in [6.07, 6.45) is 5.84. The minimum atomic E-state index is -0.512. The van der Waals surface area contributed by atoms with Crippen molar-refractivity contribution in [2.45, 2.75) is 56.2 Å². The van der Waals surface area contributed by atoms with Gasteiger partial charge in [0.2, 0.25) is 0 Å². The van der Waals surface area contributed by atoms with Crippen LogP contribution in [0.4, 0.5) is 0 Å². The maximum atomic E-state index is 12.1. The zero-order valence-corrected chi connectivity index (χ0v) is 11.9. The molecular weight excluding hydrogens is 246 g/mol. The van der Waals surface area contributed by atoms with Crippen molar-refractivity contribution in [3.8, 4) is 0 Å². The molecule has 2 atom stereocenters. The van der Waals surface area contributed by atoms with Crippen LogP contribution in [0.25, 0.3) is 0 Å². The van der Waals surface area contributed by atoms with Crippen molar-refractivity contribution in [3.63, 3.8) is 0 Å². The van der Waals surface area contributed by atoms with Crippen LogP contribution in [-0.4, -0.2) is 51.1 Å². The Morgan fingerprint density at radius 2 is 2.05 bits per heavy atom. The Bertz CT molecular complexity index is 306. The van der Waals surface area contributed by atoms with Gasteiger partial charge < -0.3 is 14.2 Å². The highest BCUT2D eigenvalue weighted by Gasteiger charge is 2.49. The number of hydrogen-bond acceptors (Lipinski definition) is 5. The zero-order valence-electron chi connectivity index (χ0n) is 11.9. The lowest BCUT2D eigenvalue weighted by atomic mass is 9.97. The molecule has 0 spiro atoms. The average Bonchev–Trinajstić information content (AvgIpc) is 3.13. The van der Waals surface area contributed by atoms with E-state index in [4.69, 9.17) is 14.2 Å². The molecule has 110 valence electrons. The molecule has 0 saturated heterocycles. The SMILES string of the molecule is COCCCOC1CCC(NC2CC2)(C(=O)OC)C1. The largest absolute Gasteiger partial charge is 0.468 e. The fraction of sp³-hybridized carbons (Fsp3) is 0.929. The third-order valence-electron chi connectivity index (χ3n) is 3.95. The summed E-state index contributed by atoms with van der Waals surface area (Å²) in [6.45, 7) is 1.41. The van der Waals surface area contributed by atoms with Crippen molar-refractivity contribution in [1.82, 2.24) is 5.32 Å². The third-order valence-corrected chi connectivity index (χ3v) is 3.95. The molecule has 19 heavy (non-hydrogen) atoms. The van der Waals surface area contributed by atoms with E-state index in [1.54, 1.807) is 7.11 Å². The van der Waals surface area contributed by atoms with Gasteiger partial charge in [-0.25, -0.2) is 0 Å². The van der Waals surface area contributed by atoms with Crippen LogP contribution in [0.3, 0.4) is 0 Å². The quantitative estimate of drug-likeness (QED) is 0.532. The predicted octanol–water partition coefficient (Wildman–Crippen LogP) is 1.26. The predicted molar refractivity (Wildman–Crippen MR) is 71.0 cm³/mol. The minimum absolute atomic E-state index is 0.137. The smallest absolute Gasteiger partial charge is 0.326 e. The van der Waals surface area contributed by atoms with E-state index in [2.05, 4.69) is 5.32 Å². The fourth-order valence-electron chi connectivity index (χ4n) is 2.78. The summed E-state index contributed by atoms with van der Waals surface area (Å²) < 4.78 is 15.8. The highest BCUT2D eigenvalue weighted by Crippen LogP contribution is 2.36. The van der Waals surface area contributed by atoms with E-state index in [-0.39, 0.29) is 12.1 Å². The van der Waals surface area contributed by atoms with E-state index in [9.17, 15) is 4.79 Å². The lowest BCUT2D eigenvalue weighted by Gasteiger charge is -2.27. The summed E-state index contributed by atoms with van der Waals surface area (Å²) in [5.41, 5.74) is -0.512. The van der Waals surface area contributed by atoms with E-state index in [0.717, 1.165) is 45.1 Å². The summed E-state index contributed by atoms with van der Waals surface area (Å²) in [6, 6.07) is 0.492. The van der Waals surface area contributed by atoms with Gasteiger partial charge in [0, 0.05) is 32.8 Å². The first kappa shape index (κ1) is 14.8. The second-order valence-electron chi connectivity index (χ2n) is 5.57. The monoisotopic (exact) mass is 271 g/mol. The third kappa shape index (κ3) is 3.91. The fourth-order valence-corrected chi connectivity index (χ4v) is 2.78. The Morgan fingerprint density at radius 3 is 2.68 bits per heavy atom. The molecule has 0 heterocycles. The van der Waals surface area contributed by atoms with E-state index in [1.165, 1.54) is 7.11 Å². The number of esters is 1. The second-order valence-corrected chi connectivity index (χ2v) is 5.57. The first-order chi connectivity index (χ1) is 9.20. The summed E-state index contributed by atoms with van der Waals surface area (Å²) in [7, 11) is 3.16. The second kappa shape index (κ2) is 6.68. The van der Waals surface area contributed by atoms with Crippen molar-refractivity contribution < 1.29 is 19.0 Å². The number of carbonyl (C=O) groups is 1. The van der Waals surface area contributed by atoms with Gasteiger partial charge in [-0.3, -0.25) is 10.1 Å². The molecule has 0 aromatic heterocycles. The van der Waals surface area contributed by atoms with Gasteiger partial charge in [0.1, 0.15) is 5.54 Å². The van der Waals surface area contributed by atoms with Crippen molar-refractivity contribution in [2.75, 3.05) is 27.4 Å². The lowest BCUT2D eigenvalue weighted by Crippen LogP contribution is -2.52. The molecule has 0 amide bonds. The van der Waals surface area contributed by atoms with Gasteiger partial charge >= 0.3 is 5.97 Å². The molecule has 1 N–H and O–H groups in total. The highest BCUT2D eigenvalue weighted by atomic mass is 16.5. The Kier molecular flexibility index (Phi) is 5.19. The van der Waals surface area contributed by atoms with Crippen LogP contribution in [0.1, 0.15) is 38.5 Å². The van der Waals surface area contributed by atoms with E-state index < -0.39 is 5.54 Å². The van der Waals surface area contributed by atoms with Crippen LogP contribution in [0.15, 0.2) is 0 Å². The number of rotatable bonds is 8. The molecule has 2 aliphatic carbocycles. The van der Waals surface area contributed by atoms with Crippen LogP contribution < -0.4 is 5.32 Å². The summed E-state index contributed by atoms with van der Waals surface area (Å²) in [5, 5.41) is 3.47. The summed E-state index contributed by atoms with van der Waals surface area (Å²) in [4.78, 5) is 12.1. The Hall–Kier alpha value is -0.650. The number of nitrogens with one attached hydrogen (secondary N) is 1. The molecule has 0 aliphatic heterocycles. The number of hydrogen-bond donors (Lipinski definition) is 1. The van der Waals surface area contributed by atoms with Gasteiger partial charge in [-0.05, 0) is 32.1 Å². The van der Waals surface area contributed by atoms with Gasteiger partial charge in [-0.2, -0.15) is 0 Å². The number of methoxy groups -OCH3 is 2. The molecule has 0 bridgehead atoms. The lowest BCUT2D eigenvalue weighted by molar-refractivity contribution is -0.149. The van der Waals surface area contributed by atoms with Crippen molar-refractivity contribution >= 4 is 5.97 Å². The normalized spacial score (nSPS) is 30.5. The topological polar surface area (TPSA) is 56.8 Å². The summed E-state index contributed by atoms with van der Waals surface area (Å²) in [5.74, 6) is -0.137.